The fraction of sp³-hybridized carbons (Fsp3) is 0.235. The van der Waals surface area contributed by atoms with Crippen LogP contribution in [0.2, 0.25) is 0 Å². The van der Waals surface area contributed by atoms with Gasteiger partial charge < -0.3 is 9.47 Å². The highest BCUT2D eigenvalue weighted by molar-refractivity contribution is 9.10. The lowest BCUT2D eigenvalue weighted by Crippen LogP contribution is -2.30. The van der Waals surface area contributed by atoms with Gasteiger partial charge in [-0.25, -0.2) is 13.1 Å². The molecular formula is C17H18BrNO5S. The van der Waals surface area contributed by atoms with Crippen molar-refractivity contribution < 1.29 is 22.7 Å². The van der Waals surface area contributed by atoms with E-state index < -0.39 is 15.9 Å². The quantitative estimate of drug-likeness (QED) is 0.732. The number of rotatable bonds is 7. The zero-order chi connectivity index (χ0) is 18.4. The number of ether oxygens (including phenoxy) is 2. The lowest BCUT2D eigenvalue weighted by atomic mass is 10.2. The largest absolute Gasteiger partial charge is 0.490 e. The third-order valence-corrected chi connectivity index (χ3v) is 5.03. The average molecular weight is 428 g/mol. The van der Waals surface area contributed by atoms with Crippen molar-refractivity contribution in [3.8, 4) is 11.5 Å². The van der Waals surface area contributed by atoms with Crippen molar-refractivity contribution in [2.45, 2.75) is 18.7 Å². The molecule has 8 heteroatoms. The number of hydrogen-bond acceptors (Lipinski definition) is 5. The number of sulfonamides is 1. The predicted octanol–water partition coefficient (Wildman–Crippen LogP) is 3.37. The Morgan fingerprint density at radius 2 is 1.60 bits per heavy atom. The summed E-state index contributed by atoms with van der Waals surface area (Å²) < 4.78 is 38.3. The molecule has 1 amide bonds. The fourth-order valence-electron chi connectivity index (χ4n) is 2.05. The molecule has 134 valence electrons. The van der Waals surface area contributed by atoms with Gasteiger partial charge in [0.15, 0.2) is 11.5 Å². The molecule has 0 aliphatic carbocycles. The number of halogens is 1. The molecule has 0 heterocycles. The molecule has 1 N–H and O–H groups in total. The third kappa shape index (κ3) is 4.96. The summed E-state index contributed by atoms with van der Waals surface area (Å²) in [6.07, 6.45) is 0. The summed E-state index contributed by atoms with van der Waals surface area (Å²) in [6.45, 7) is 4.48. The molecule has 0 aliphatic rings. The molecule has 0 fully saturated rings. The van der Waals surface area contributed by atoms with E-state index in [-0.39, 0.29) is 10.5 Å². The number of amides is 1. The SMILES string of the molecule is CCOc1ccc(C(=O)NS(=O)(=O)c2ccc(Br)cc2)cc1OCC. The number of carbonyl (C=O) groups is 1. The summed E-state index contributed by atoms with van der Waals surface area (Å²) >= 11 is 3.23. The molecule has 0 saturated heterocycles. The number of carbonyl (C=O) groups excluding carboxylic acids is 1. The van der Waals surface area contributed by atoms with E-state index >= 15 is 0 Å². The number of hydrogen-bond donors (Lipinski definition) is 1. The first-order valence-electron chi connectivity index (χ1n) is 7.59. The summed E-state index contributed by atoms with van der Waals surface area (Å²) in [5.41, 5.74) is 0.160. The van der Waals surface area contributed by atoms with Gasteiger partial charge >= 0.3 is 0 Å². The molecule has 25 heavy (non-hydrogen) atoms. The van der Waals surface area contributed by atoms with Gasteiger partial charge in [-0.2, -0.15) is 0 Å². The second-order valence-corrected chi connectivity index (χ2v) is 7.51. The smallest absolute Gasteiger partial charge is 0.265 e. The molecule has 0 atom stereocenters. The van der Waals surface area contributed by atoms with Crippen LogP contribution in [0.1, 0.15) is 24.2 Å². The van der Waals surface area contributed by atoms with Crippen LogP contribution in [0.5, 0.6) is 11.5 Å². The number of nitrogens with one attached hydrogen (secondary N) is 1. The zero-order valence-electron chi connectivity index (χ0n) is 13.8. The molecule has 0 unspecified atom stereocenters. The second kappa shape index (κ2) is 8.35. The summed E-state index contributed by atoms with van der Waals surface area (Å²) in [6, 6.07) is 10.5. The maximum atomic E-state index is 12.3. The lowest BCUT2D eigenvalue weighted by Gasteiger charge is -2.12. The van der Waals surface area contributed by atoms with Crippen LogP contribution in [0.25, 0.3) is 0 Å². The molecule has 2 aromatic rings. The minimum Gasteiger partial charge on any atom is -0.490 e. The van der Waals surface area contributed by atoms with Crippen molar-refractivity contribution in [2.24, 2.45) is 0 Å². The monoisotopic (exact) mass is 427 g/mol. The zero-order valence-corrected chi connectivity index (χ0v) is 16.2. The molecule has 0 saturated carbocycles. The van der Waals surface area contributed by atoms with Crippen molar-refractivity contribution in [3.05, 3.63) is 52.5 Å². The minimum absolute atomic E-state index is 0.0000168. The average Bonchev–Trinajstić information content (AvgIpc) is 2.57. The Hall–Kier alpha value is -2.06. The fourth-order valence-corrected chi connectivity index (χ4v) is 3.28. The highest BCUT2D eigenvalue weighted by atomic mass is 79.9. The maximum Gasteiger partial charge on any atom is 0.265 e. The van der Waals surface area contributed by atoms with Crippen molar-refractivity contribution in [1.29, 1.82) is 0 Å². The van der Waals surface area contributed by atoms with Gasteiger partial charge in [0.05, 0.1) is 18.1 Å². The van der Waals surface area contributed by atoms with E-state index in [0.717, 1.165) is 4.47 Å². The minimum atomic E-state index is -3.96. The molecule has 2 rings (SSSR count). The molecule has 0 spiro atoms. The van der Waals surface area contributed by atoms with Crippen LogP contribution in [-0.2, 0) is 10.0 Å². The van der Waals surface area contributed by atoms with Crippen LogP contribution in [0.3, 0.4) is 0 Å². The summed E-state index contributed by atoms with van der Waals surface area (Å²) in [5.74, 6) is 0.140. The van der Waals surface area contributed by atoms with Gasteiger partial charge in [0.25, 0.3) is 15.9 Å². The van der Waals surface area contributed by atoms with Crippen LogP contribution < -0.4 is 14.2 Å². The van der Waals surface area contributed by atoms with Gasteiger partial charge in [-0.05, 0) is 56.3 Å². The van der Waals surface area contributed by atoms with E-state index in [4.69, 9.17) is 9.47 Å². The first-order valence-corrected chi connectivity index (χ1v) is 9.87. The lowest BCUT2D eigenvalue weighted by molar-refractivity contribution is 0.0981. The van der Waals surface area contributed by atoms with Crippen LogP contribution in [0.4, 0.5) is 0 Å². The van der Waals surface area contributed by atoms with E-state index in [1.807, 2.05) is 6.92 Å². The van der Waals surface area contributed by atoms with Gasteiger partial charge in [-0.15, -0.1) is 0 Å². The Balaban J connectivity index is 2.25. The van der Waals surface area contributed by atoms with E-state index in [1.165, 1.54) is 24.3 Å². The molecule has 0 aliphatic heterocycles. The van der Waals surface area contributed by atoms with Gasteiger partial charge in [0.1, 0.15) is 0 Å². The first kappa shape index (κ1) is 19.3. The van der Waals surface area contributed by atoms with Crippen molar-refractivity contribution in [2.75, 3.05) is 13.2 Å². The van der Waals surface area contributed by atoms with Gasteiger partial charge in [-0.3, -0.25) is 4.79 Å². The van der Waals surface area contributed by atoms with Crippen molar-refractivity contribution >= 4 is 31.9 Å². The van der Waals surface area contributed by atoms with Crippen molar-refractivity contribution in [3.63, 3.8) is 0 Å². The Labute approximate surface area is 155 Å². The highest BCUT2D eigenvalue weighted by Crippen LogP contribution is 2.28. The van der Waals surface area contributed by atoms with Crippen LogP contribution in [0, 0.1) is 0 Å². The van der Waals surface area contributed by atoms with E-state index in [1.54, 1.807) is 25.1 Å². The Morgan fingerprint density at radius 3 is 2.20 bits per heavy atom. The molecule has 0 bridgehead atoms. The Morgan fingerprint density at radius 1 is 1.00 bits per heavy atom. The summed E-state index contributed by atoms with van der Waals surface area (Å²) in [7, 11) is -3.96. The first-order chi connectivity index (χ1) is 11.9. The van der Waals surface area contributed by atoms with Crippen molar-refractivity contribution in [1.82, 2.24) is 4.72 Å². The van der Waals surface area contributed by atoms with E-state index in [2.05, 4.69) is 20.7 Å². The molecule has 6 nitrogen and oxygen atoms in total. The maximum absolute atomic E-state index is 12.3. The predicted molar refractivity (Wildman–Crippen MR) is 97.6 cm³/mol. The standard InChI is InChI=1S/C17H18BrNO5S/c1-3-23-15-10-5-12(11-16(15)24-4-2)17(20)19-25(21,22)14-8-6-13(18)7-9-14/h5-11H,3-4H2,1-2H3,(H,19,20). The topological polar surface area (TPSA) is 81.7 Å². The summed E-state index contributed by atoms with van der Waals surface area (Å²) in [4.78, 5) is 12.3. The van der Waals surface area contributed by atoms with Crippen LogP contribution in [-0.4, -0.2) is 27.5 Å². The molecule has 0 aromatic heterocycles. The van der Waals surface area contributed by atoms with E-state index in [9.17, 15) is 13.2 Å². The van der Waals surface area contributed by atoms with Crippen LogP contribution >= 0.6 is 15.9 Å². The Bertz CT molecular complexity index is 850. The third-order valence-electron chi connectivity index (χ3n) is 3.16. The number of benzene rings is 2. The molecule has 2 aromatic carbocycles. The highest BCUT2D eigenvalue weighted by Gasteiger charge is 2.20. The van der Waals surface area contributed by atoms with Gasteiger partial charge in [0, 0.05) is 10.0 Å². The van der Waals surface area contributed by atoms with E-state index in [0.29, 0.717) is 24.7 Å². The van der Waals surface area contributed by atoms with Gasteiger partial charge in [0.2, 0.25) is 0 Å². The normalized spacial score (nSPS) is 11.0. The summed E-state index contributed by atoms with van der Waals surface area (Å²) in [5, 5.41) is 0. The van der Waals surface area contributed by atoms with Gasteiger partial charge in [-0.1, -0.05) is 15.9 Å². The molecule has 0 radical (unpaired) electrons. The molecular weight excluding hydrogens is 410 g/mol. The second-order valence-electron chi connectivity index (χ2n) is 4.92. The Kier molecular flexibility index (Phi) is 6.44. The van der Waals surface area contributed by atoms with Crippen LogP contribution in [0.15, 0.2) is 51.8 Å².